The third kappa shape index (κ3) is 25.5. The number of hydrogen-bond acceptors (Lipinski definition) is 16. The molecule has 19 nitrogen and oxygen atoms in total. The van der Waals surface area contributed by atoms with Crippen molar-refractivity contribution in [3.05, 3.63) is 316 Å². The lowest BCUT2D eigenvalue weighted by Gasteiger charge is -2.15. The Morgan fingerprint density at radius 3 is 1.08 bits per heavy atom. The smallest absolute Gasteiger partial charge is 0.417 e. The Morgan fingerprint density at radius 1 is 0.353 bits per heavy atom. The van der Waals surface area contributed by atoms with Gasteiger partial charge in [-0.25, -0.2) is 62.4 Å². The number of para-hydroxylation sites is 1. The van der Waals surface area contributed by atoms with E-state index in [1.807, 2.05) is 10.8 Å². The van der Waals surface area contributed by atoms with Crippen LogP contribution in [0.5, 0.6) is 23.3 Å². The van der Waals surface area contributed by atoms with Gasteiger partial charge in [0, 0.05) is 35.2 Å². The minimum atomic E-state index is -4.86. The molecule has 0 aliphatic heterocycles. The van der Waals surface area contributed by atoms with Gasteiger partial charge in [0.05, 0.1) is 93.4 Å². The van der Waals surface area contributed by atoms with Gasteiger partial charge in [0.1, 0.15) is 33.7 Å². The molecule has 0 saturated carbocycles. The first kappa shape index (κ1) is 93.2. The Bertz CT molecular complexity index is 6250. The zero-order chi connectivity index (χ0) is 87.5. The summed E-state index contributed by atoms with van der Waals surface area (Å²) in [5.41, 5.74) is -6.00. The predicted molar refractivity (Wildman–Crippen MR) is 419 cm³/mol. The average molecular weight is 1920 g/mol. The molecule has 0 aliphatic rings. The number of rotatable bonds is 20. The molecule has 0 unspecified atom stereocenters. The van der Waals surface area contributed by atoms with Gasteiger partial charge >= 0.3 is 24.7 Å². The molecular weight excluding hydrogens is 1870 g/mol. The Hall–Kier alpha value is -9.68. The van der Waals surface area contributed by atoms with Crippen LogP contribution in [-0.4, -0.2) is 59.4 Å². The van der Waals surface area contributed by atoms with Crippen LogP contribution in [0.3, 0.4) is 0 Å². The fraction of sp³-hybridized carbons (Fsp3) is 0.0548. The maximum atomic E-state index is 13.8. The van der Waals surface area contributed by atoms with E-state index in [1.54, 1.807) is 42.5 Å². The van der Waals surface area contributed by atoms with E-state index in [4.69, 9.17) is 102 Å². The highest BCUT2D eigenvalue weighted by molar-refractivity contribution is 7.99. The zero-order valence-corrected chi connectivity index (χ0v) is 68.2. The minimum Gasteiger partial charge on any atom is -0.437 e. The van der Waals surface area contributed by atoms with Crippen molar-refractivity contribution in [2.45, 2.75) is 54.2 Å². The molecule has 119 heavy (non-hydrogen) atoms. The Kier molecular flexibility index (Phi) is 30.0. The molecular formula is C73H42Cl8F14N8O11S5. The highest BCUT2D eigenvalue weighted by Gasteiger charge is 2.39. The number of aromatic nitrogens is 4. The molecule has 0 spiro atoms. The van der Waals surface area contributed by atoms with E-state index in [1.165, 1.54) is 72.7 Å². The molecule has 0 amide bonds. The van der Waals surface area contributed by atoms with Crippen LogP contribution in [0.4, 0.5) is 84.2 Å². The Balaban J connectivity index is 0.000000181. The maximum absolute atomic E-state index is 13.8. The molecule has 0 saturated heterocycles. The minimum absolute atomic E-state index is 0.000621. The molecule has 46 heteroatoms. The molecule has 0 atom stereocenters. The lowest BCUT2D eigenvalue weighted by Crippen LogP contribution is -2.18. The lowest BCUT2D eigenvalue weighted by atomic mass is 10.1. The van der Waals surface area contributed by atoms with E-state index < -0.39 is 144 Å². The van der Waals surface area contributed by atoms with Gasteiger partial charge in [-0.3, -0.25) is 23.7 Å². The van der Waals surface area contributed by atoms with Crippen molar-refractivity contribution in [1.82, 2.24) is 19.9 Å². The summed E-state index contributed by atoms with van der Waals surface area (Å²) >= 11 is 46.8. The number of ether oxygens (including phenoxy) is 2. The summed E-state index contributed by atoms with van der Waals surface area (Å²) in [7, 11) is -17.9. The molecule has 4 heterocycles. The number of anilines is 4. The van der Waals surface area contributed by atoms with Gasteiger partial charge < -0.3 is 9.47 Å². The van der Waals surface area contributed by atoms with E-state index in [0.717, 1.165) is 102 Å². The summed E-state index contributed by atoms with van der Waals surface area (Å²) in [6.07, 6.45) is -14.6. The Morgan fingerprint density at radius 2 is 0.681 bits per heavy atom. The number of ketones is 1. The van der Waals surface area contributed by atoms with Crippen LogP contribution in [0.2, 0.25) is 40.2 Å². The number of pyridine rings is 4. The van der Waals surface area contributed by atoms with Crippen molar-refractivity contribution in [3.8, 4) is 23.3 Å². The van der Waals surface area contributed by atoms with Crippen molar-refractivity contribution < 1.29 is 109 Å². The van der Waals surface area contributed by atoms with Crippen molar-refractivity contribution in [2.75, 3.05) is 18.9 Å². The fourth-order valence-electron chi connectivity index (χ4n) is 9.38. The SMILES string of the molecule is O=C(c1ccccc1)c1ncc(Cl)cc1NS(=O)(=O)c1ccc(Cl)c(C(F)(F)F)c1.O=S(=O)(Nc1cc(Cl)cnc1Oc1ccc(F)cc1)c1ccc(Cl)c(C(F)(F)F)c1.O=S(=O)(Nc1cc(Cl)cnc1Oc1ccccc1F)c1ccc(Cl)c(C(F)(F)F)c1.O=S(=O)(Nc1cc(Cl)cnc1Sc1ccccc1)c1ccc(Cl)c(C(F)(F)F)c1. The Labute approximate surface area is 709 Å². The van der Waals surface area contributed by atoms with Gasteiger partial charge in [0.2, 0.25) is 17.5 Å². The van der Waals surface area contributed by atoms with E-state index in [0.29, 0.717) is 24.3 Å². The topological polar surface area (TPSA) is 272 Å². The lowest BCUT2D eigenvalue weighted by molar-refractivity contribution is -0.138. The third-order valence-electron chi connectivity index (χ3n) is 14.8. The first-order valence-corrected chi connectivity index (χ1v) is 41.6. The average Bonchev–Trinajstić information content (AvgIpc) is 0.797. The number of sulfonamides is 4. The molecule has 4 N–H and O–H groups in total. The number of nitrogens with one attached hydrogen (secondary N) is 4. The second-order valence-electron chi connectivity index (χ2n) is 23.2. The summed E-state index contributed by atoms with van der Waals surface area (Å²) in [6.45, 7) is 0. The highest BCUT2D eigenvalue weighted by atomic mass is 35.5. The maximum Gasteiger partial charge on any atom is 0.417 e. The van der Waals surface area contributed by atoms with Gasteiger partial charge in [0.25, 0.3) is 40.1 Å². The predicted octanol–water partition coefficient (Wildman–Crippen LogP) is 24.1. The summed E-state index contributed by atoms with van der Waals surface area (Å²) in [4.78, 5) is 26.5. The second kappa shape index (κ2) is 38.4. The fourth-order valence-corrected chi connectivity index (χ4v) is 16.1. The number of carbonyl (C=O) groups excluding carboxylic acids is 1. The summed E-state index contributed by atoms with van der Waals surface area (Å²) in [6, 6.07) is 40.5. The summed E-state index contributed by atoms with van der Waals surface area (Å²) in [5, 5.41) is -2.05. The monoisotopic (exact) mass is 1910 g/mol. The molecule has 0 fully saturated rings. The van der Waals surface area contributed by atoms with E-state index >= 15 is 0 Å². The molecule has 0 aliphatic carbocycles. The van der Waals surface area contributed by atoms with Gasteiger partial charge in [-0.15, -0.1) is 0 Å². The van der Waals surface area contributed by atoms with Crippen molar-refractivity contribution in [1.29, 1.82) is 0 Å². The van der Waals surface area contributed by atoms with Crippen molar-refractivity contribution in [3.63, 3.8) is 0 Å². The van der Waals surface area contributed by atoms with Gasteiger partial charge in [-0.2, -0.15) is 52.7 Å². The van der Waals surface area contributed by atoms with Crippen LogP contribution in [0.15, 0.2) is 261 Å². The molecule has 12 rings (SSSR count). The normalized spacial score (nSPS) is 11.9. The van der Waals surface area contributed by atoms with Crippen LogP contribution in [0.25, 0.3) is 0 Å². The van der Waals surface area contributed by atoms with E-state index in [2.05, 4.69) is 34.1 Å². The summed E-state index contributed by atoms with van der Waals surface area (Å²) < 4.78 is 304. The van der Waals surface area contributed by atoms with E-state index in [-0.39, 0.29) is 82.4 Å². The molecule has 12 aromatic rings. The molecule has 8 aromatic carbocycles. The first-order chi connectivity index (χ1) is 55.5. The van der Waals surface area contributed by atoms with Crippen LogP contribution < -0.4 is 28.4 Å². The van der Waals surface area contributed by atoms with Crippen LogP contribution in [0.1, 0.15) is 38.3 Å². The van der Waals surface area contributed by atoms with Gasteiger partial charge in [0.15, 0.2) is 11.6 Å². The number of halogens is 22. The largest absolute Gasteiger partial charge is 0.437 e. The van der Waals surface area contributed by atoms with Crippen molar-refractivity contribution in [2.24, 2.45) is 0 Å². The molecule has 624 valence electrons. The van der Waals surface area contributed by atoms with Crippen LogP contribution >= 0.6 is 105 Å². The molecule has 0 bridgehead atoms. The van der Waals surface area contributed by atoms with Crippen molar-refractivity contribution >= 4 is 173 Å². The third-order valence-corrected chi connectivity index (χ3v) is 23.4. The standard InChI is InChI=1S/C19H11Cl2F3N2O3S.2C18H10Cl2F4N2O3S.C18H11Cl2F3N2O2S2/c20-12-8-16(17(25-10-12)18(27)11-4-2-1-3-5-11)26-30(28,29)13-6-7-15(21)14(9-13)19(22,23)24;19-10-7-16(17(25-9-10)29-12-3-1-11(21)2-4-12)26-30(27,28)13-5-6-15(20)14(8-13)18(22,23)24;19-10-7-15(17(25-9-10)29-16-4-2-1-3-14(16)21)26-30(27,28)11-5-6-13(20)12(8-11)18(22,23)24;19-11-8-16(17(24-10-11)28-12-4-2-1-3-5-12)25-29(26,27)13-6-7-15(20)14(9-13)18(21,22)23/h1-10,26H;2*1-9,26H;1-10,25H. The summed E-state index contributed by atoms with van der Waals surface area (Å²) in [5.74, 6) is -2.59. The number of alkyl halides is 12. The number of nitrogens with zero attached hydrogens (tertiary/aromatic N) is 4. The first-order valence-electron chi connectivity index (χ1n) is 31.9. The quantitative estimate of drug-likeness (QED) is 0.0408. The number of benzene rings is 8. The van der Waals surface area contributed by atoms with Gasteiger partial charge in [-0.1, -0.05) is 165 Å². The molecule has 0 radical (unpaired) electrons. The van der Waals surface area contributed by atoms with E-state index in [9.17, 15) is 99.9 Å². The number of hydrogen-bond donors (Lipinski definition) is 4. The second-order valence-corrected chi connectivity index (χ2v) is 34.4. The van der Waals surface area contributed by atoms with Crippen LogP contribution in [0, 0.1) is 11.6 Å². The molecule has 4 aromatic heterocycles. The zero-order valence-electron chi connectivity index (χ0n) is 58.1. The van der Waals surface area contributed by atoms with Crippen LogP contribution in [-0.2, 0) is 64.8 Å². The van der Waals surface area contributed by atoms with Gasteiger partial charge in [-0.05, 0) is 146 Å². The number of carbonyl (C=O) groups is 1. The highest BCUT2D eigenvalue weighted by Crippen LogP contribution is 2.43.